The predicted molar refractivity (Wildman–Crippen MR) is 74.5 cm³/mol. The Balaban J connectivity index is 1.85. The van der Waals surface area contributed by atoms with Crippen LogP contribution in [-0.4, -0.2) is 44.5 Å². The SMILES string of the molecule is Cc1occc1-c1nnc(SC2CCN(C)C2=O)n1N. The Kier molecular flexibility index (Phi) is 3.17. The van der Waals surface area contributed by atoms with E-state index in [0.29, 0.717) is 11.0 Å². The van der Waals surface area contributed by atoms with Crippen LogP contribution in [0.25, 0.3) is 11.4 Å². The van der Waals surface area contributed by atoms with E-state index in [-0.39, 0.29) is 11.2 Å². The topological polar surface area (TPSA) is 90.2 Å². The number of furan rings is 1. The Bertz CT molecular complexity index is 650. The molecule has 1 saturated heterocycles. The third kappa shape index (κ3) is 2.05. The number of aromatic nitrogens is 3. The van der Waals surface area contributed by atoms with Crippen molar-refractivity contribution in [2.45, 2.75) is 23.8 Å². The molecule has 1 aliphatic rings. The molecule has 0 saturated carbocycles. The van der Waals surface area contributed by atoms with Gasteiger partial charge in [0, 0.05) is 13.6 Å². The van der Waals surface area contributed by atoms with Crippen LogP contribution in [0, 0.1) is 6.92 Å². The molecule has 106 valence electrons. The van der Waals surface area contributed by atoms with E-state index in [1.165, 1.54) is 16.4 Å². The van der Waals surface area contributed by atoms with Crippen molar-refractivity contribution in [3.8, 4) is 11.4 Å². The van der Waals surface area contributed by atoms with E-state index >= 15 is 0 Å². The van der Waals surface area contributed by atoms with Gasteiger partial charge in [0.05, 0.1) is 17.1 Å². The number of nitrogens with two attached hydrogens (primary N) is 1. The number of thioether (sulfide) groups is 1. The lowest BCUT2D eigenvalue weighted by Gasteiger charge is -2.09. The molecule has 8 heteroatoms. The number of rotatable bonds is 3. The highest BCUT2D eigenvalue weighted by Crippen LogP contribution is 2.31. The van der Waals surface area contributed by atoms with Gasteiger partial charge in [0.15, 0.2) is 5.82 Å². The molecular weight excluding hydrogens is 278 g/mol. The standard InChI is InChI=1S/C12H15N5O2S/c1-7-8(4-6-19-7)10-14-15-12(17(10)13)20-9-3-5-16(2)11(9)18/h4,6,9H,3,5,13H2,1-2H3. The zero-order valence-electron chi connectivity index (χ0n) is 11.2. The molecule has 1 aliphatic heterocycles. The Labute approximate surface area is 120 Å². The molecule has 0 spiro atoms. The van der Waals surface area contributed by atoms with E-state index in [4.69, 9.17) is 10.3 Å². The lowest BCUT2D eigenvalue weighted by molar-refractivity contribution is -0.126. The highest BCUT2D eigenvalue weighted by atomic mass is 32.2. The number of amides is 1. The summed E-state index contributed by atoms with van der Waals surface area (Å²) in [6.07, 6.45) is 2.38. The summed E-state index contributed by atoms with van der Waals surface area (Å²) in [7, 11) is 1.80. The van der Waals surface area contributed by atoms with E-state index in [9.17, 15) is 4.79 Å². The number of aryl methyl sites for hydroxylation is 1. The molecule has 1 unspecified atom stereocenters. The van der Waals surface area contributed by atoms with Crippen LogP contribution >= 0.6 is 11.8 Å². The van der Waals surface area contributed by atoms with Crippen LogP contribution in [0.3, 0.4) is 0 Å². The number of carbonyl (C=O) groups is 1. The van der Waals surface area contributed by atoms with Crippen LogP contribution in [0.1, 0.15) is 12.2 Å². The minimum absolute atomic E-state index is 0.110. The predicted octanol–water partition coefficient (Wildman–Crippen LogP) is 0.883. The number of nitrogens with zero attached hydrogens (tertiary/aromatic N) is 4. The monoisotopic (exact) mass is 293 g/mol. The second kappa shape index (κ2) is 4.86. The Morgan fingerprint density at radius 3 is 2.90 bits per heavy atom. The minimum Gasteiger partial charge on any atom is -0.469 e. The molecule has 20 heavy (non-hydrogen) atoms. The zero-order chi connectivity index (χ0) is 14.3. The van der Waals surface area contributed by atoms with Crippen molar-refractivity contribution in [2.75, 3.05) is 19.4 Å². The first-order valence-electron chi connectivity index (χ1n) is 6.24. The average molecular weight is 293 g/mol. The van der Waals surface area contributed by atoms with Crippen molar-refractivity contribution in [2.24, 2.45) is 0 Å². The van der Waals surface area contributed by atoms with Crippen LogP contribution in [0.5, 0.6) is 0 Å². The first-order valence-corrected chi connectivity index (χ1v) is 7.12. The van der Waals surface area contributed by atoms with Gasteiger partial charge >= 0.3 is 0 Å². The molecule has 1 fully saturated rings. The lowest BCUT2D eigenvalue weighted by Crippen LogP contribution is -2.24. The van der Waals surface area contributed by atoms with Gasteiger partial charge in [0.25, 0.3) is 0 Å². The largest absolute Gasteiger partial charge is 0.469 e. The van der Waals surface area contributed by atoms with Crippen molar-refractivity contribution in [3.63, 3.8) is 0 Å². The quantitative estimate of drug-likeness (QED) is 0.845. The third-order valence-corrected chi connectivity index (χ3v) is 4.60. The zero-order valence-corrected chi connectivity index (χ0v) is 12.1. The van der Waals surface area contributed by atoms with Crippen LogP contribution < -0.4 is 5.84 Å². The summed E-state index contributed by atoms with van der Waals surface area (Å²) in [6.45, 7) is 2.61. The molecule has 0 aromatic carbocycles. The first kappa shape index (κ1) is 13.0. The number of carbonyl (C=O) groups excluding carboxylic acids is 1. The summed E-state index contributed by atoms with van der Waals surface area (Å²) in [5.41, 5.74) is 0.807. The molecule has 2 aromatic heterocycles. The molecule has 2 N–H and O–H groups in total. The van der Waals surface area contributed by atoms with Gasteiger partial charge in [-0.25, -0.2) is 4.68 Å². The summed E-state index contributed by atoms with van der Waals surface area (Å²) < 4.78 is 6.65. The van der Waals surface area contributed by atoms with E-state index in [0.717, 1.165) is 24.3 Å². The number of hydrogen-bond donors (Lipinski definition) is 1. The van der Waals surface area contributed by atoms with Gasteiger partial charge in [0.2, 0.25) is 11.1 Å². The minimum atomic E-state index is -0.134. The van der Waals surface area contributed by atoms with Gasteiger partial charge < -0.3 is 15.2 Å². The third-order valence-electron chi connectivity index (χ3n) is 3.39. The summed E-state index contributed by atoms with van der Waals surface area (Å²) in [5, 5.41) is 8.56. The van der Waals surface area contributed by atoms with E-state index in [1.807, 2.05) is 6.92 Å². The van der Waals surface area contributed by atoms with Crippen molar-refractivity contribution in [1.82, 2.24) is 19.8 Å². The molecule has 7 nitrogen and oxygen atoms in total. The second-order valence-corrected chi connectivity index (χ2v) is 5.89. The smallest absolute Gasteiger partial charge is 0.235 e. The van der Waals surface area contributed by atoms with Crippen LogP contribution in [0.4, 0.5) is 0 Å². The van der Waals surface area contributed by atoms with E-state index in [1.54, 1.807) is 24.3 Å². The van der Waals surface area contributed by atoms with E-state index < -0.39 is 0 Å². The maximum atomic E-state index is 11.9. The fraction of sp³-hybridized carbons (Fsp3) is 0.417. The summed E-state index contributed by atoms with van der Waals surface area (Å²) in [6, 6.07) is 1.80. The van der Waals surface area contributed by atoms with Crippen LogP contribution in [-0.2, 0) is 4.79 Å². The number of nitrogen functional groups attached to an aromatic ring is 1. The Morgan fingerprint density at radius 1 is 1.50 bits per heavy atom. The van der Waals surface area contributed by atoms with Crippen molar-refractivity contribution < 1.29 is 9.21 Å². The highest BCUT2D eigenvalue weighted by Gasteiger charge is 2.31. The molecule has 0 radical (unpaired) electrons. The number of likely N-dealkylation sites (tertiary alicyclic amines) is 1. The highest BCUT2D eigenvalue weighted by molar-refractivity contribution is 8.00. The molecule has 0 aliphatic carbocycles. The Morgan fingerprint density at radius 2 is 2.30 bits per heavy atom. The van der Waals surface area contributed by atoms with Crippen molar-refractivity contribution in [1.29, 1.82) is 0 Å². The van der Waals surface area contributed by atoms with Crippen LogP contribution in [0.2, 0.25) is 0 Å². The van der Waals surface area contributed by atoms with E-state index in [2.05, 4.69) is 10.2 Å². The van der Waals surface area contributed by atoms with Gasteiger partial charge in [0.1, 0.15) is 5.76 Å². The number of hydrogen-bond acceptors (Lipinski definition) is 6. The van der Waals surface area contributed by atoms with Crippen molar-refractivity contribution in [3.05, 3.63) is 18.1 Å². The fourth-order valence-corrected chi connectivity index (χ4v) is 3.23. The molecule has 1 atom stereocenters. The Hall–Kier alpha value is -1.96. The maximum absolute atomic E-state index is 11.9. The van der Waals surface area contributed by atoms with Crippen LogP contribution in [0.15, 0.2) is 21.9 Å². The summed E-state index contributed by atoms with van der Waals surface area (Å²) in [5.74, 6) is 7.41. The molecular formula is C12H15N5O2S. The van der Waals surface area contributed by atoms with Gasteiger partial charge in [-0.15, -0.1) is 10.2 Å². The summed E-state index contributed by atoms with van der Waals surface area (Å²) >= 11 is 1.36. The van der Waals surface area contributed by atoms with Gasteiger partial charge in [-0.3, -0.25) is 4.79 Å². The van der Waals surface area contributed by atoms with Gasteiger partial charge in [-0.05, 0) is 19.4 Å². The normalized spacial score (nSPS) is 19.0. The van der Waals surface area contributed by atoms with Crippen molar-refractivity contribution >= 4 is 17.7 Å². The second-order valence-electron chi connectivity index (χ2n) is 4.72. The lowest BCUT2D eigenvalue weighted by atomic mass is 10.2. The molecule has 3 heterocycles. The first-order chi connectivity index (χ1) is 9.58. The maximum Gasteiger partial charge on any atom is 0.235 e. The molecule has 3 rings (SSSR count). The van der Waals surface area contributed by atoms with Gasteiger partial charge in [-0.1, -0.05) is 11.8 Å². The molecule has 2 aromatic rings. The molecule has 0 bridgehead atoms. The fourth-order valence-electron chi connectivity index (χ4n) is 2.18. The van der Waals surface area contributed by atoms with Gasteiger partial charge in [-0.2, -0.15) is 0 Å². The summed E-state index contributed by atoms with van der Waals surface area (Å²) in [4.78, 5) is 13.6. The molecule has 1 amide bonds. The average Bonchev–Trinajstić information content (AvgIpc) is 3.07.